The Morgan fingerprint density at radius 3 is 2.08 bits per heavy atom. The van der Waals surface area contributed by atoms with E-state index in [1.165, 1.54) is 19.1 Å². The summed E-state index contributed by atoms with van der Waals surface area (Å²) in [5.41, 5.74) is 2.42. The van der Waals surface area contributed by atoms with Crippen molar-refractivity contribution in [1.29, 1.82) is 0 Å². The van der Waals surface area contributed by atoms with Crippen molar-refractivity contribution < 1.29 is 18.5 Å². The first kappa shape index (κ1) is 19.7. The second-order valence-corrected chi connectivity index (χ2v) is 7.67. The van der Waals surface area contributed by atoms with E-state index in [-0.39, 0.29) is 11.7 Å². The third-order valence-corrected chi connectivity index (χ3v) is 4.99. The molecule has 1 aliphatic rings. The molecule has 1 aliphatic heterocycles. The van der Waals surface area contributed by atoms with Crippen molar-refractivity contribution in [2.24, 2.45) is 0 Å². The van der Waals surface area contributed by atoms with Gasteiger partial charge in [-0.15, -0.1) is 0 Å². The van der Waals surface area contributed by atoms with E-state index in [0.29, 0.717) is 6.54 Å². The summed E-state index contributed by atoms with van der Waals surface area (Å²) in [6, 6.07) is 3.00. The second kappa shape index (κ2) is 6.92. The summed E-state index contributed by atoms with van der Waals surface area (Å²) < 4.78 is 25.8. The van der Waals surface area contributed by atoms with E-state index in [1.54, 1.807) is 0 Å². The topological polar surface area (TPSA) is 47.6 Å². The molecule has 136 valence electrons. The molecule has 0 unspecified atom stereocenters. The van der Waals surface area contributed by atoms with Crippen molar-refractivity contribution in [2.45, 2.75) is 59.7 Å². The molecule has 0 bridgehead atoms. The summed E-state index contributed by atoms with van der Waals surface area (Å²) in [4.78, 5) is 11.4. The first-order valence-corrected chi connectivity index (χ1v) is 8.50. The maximum absolute atomic E-state index is 13.6. The summed E-state index contributed by atoms with van der Waals surface area (Å²) in [6.45, 7) is 13.4. The summed E-state index contributed by atoms with van der Waals surface area (Å²) in [5, 5.41) is 2.81. The second-order valence-electron chi connectivity index (χ2n) is 7.67. The highest BCUT2D eigenvalue weighted by Gasteiger charge is 2.52. The molecular formula is C19H27BFNO3. The quantitative estimate of drug-likeness (QED) is 0.847. The minimum absolute atomic E-state index is 0.130. The van der Waals surface area contributed by atoms with Crippen LogP contribution in [0.25, 0.3) is 6.08 Å². The van der Waals surface area contributed by atoms with E-state index >= 15 is 0 Å². The Morgan fingerprint density at radius 2 is 1.64 bits per heavy atom. The van der Waals surface area contributed by atoms with E-state index in [9.17, 15) is 9.18 Å². The first-order chi connectivity index (χ1) is 11.4. The highest BCUT2D eigenvalue weighted by Crippen LogP contribution is 2.39. The van der Waals surface area contributed by atoms with Crippen LogP contribution < -0.4 is 5.32 Å². The Bertz CT molecular complexity index is 674. The monoisotopic (exact) mass is 347 g/mol. The van der Waals surface area contributed by atoms with Crippen molar-refractivity contribution in [3.63, 3.8) is 0 Å². The van der Waals surface area contributed by atoms with Crippen LogP contribution in [0.4, 0.5) is 4.39 Å². The Balaban J connectivity index is 2.42. The smallest absolute Gasteiger partial charge is 0.400 e. The van der Waals surface area contributed by atoms with Crippen molar-refractivity contribution in [1.82, 2.24) is 5.32 Å². The van der Waals surface area contributed by atoms with Gasteiger partial charge in [-0.3, -0.25) is 4.79 Å². The van der Waals surface area contributed by atoms with E-state index in [4.69, 9.17) is 9.31 Å². The van der Waals surface area contributed by atoms with E-state index in [1.807, 2.05) is 47.6 Å². The number of carbonyl (C=O) groups is 1. The molecule has 0 aromatic heterocycles. The third-order valence-electron chi connectivity index (χ3n) is 4.99. The number of amides is 1. The van der Waals surface area contributed by atoms with Gasteiger partial charge >= 0.3 is 7.12 Å². The highest BCUT2D eigenvalue weighted by molar-refractivity contribution is 6.56. The van der Waals surface area contributed by atoms with Gasteiger partial charge in [0.05, 0.1) is 11.2 Å². The van der Waals surface area contributed by atoms with Crippen LogP contribution in [-0.4, -0.2) is 30.8 Å². The predicted molar refractivity (Wildman–Crippen MR) is 98.6 cm³/mol. The number of hydrogen-bond acceptors (Lipinski definition) is 3. The number of carbonyl (C=O) groups excluding carboxylic acids is 1. The molecule has 4 nitrogen and oxygen atoms in total. The van der Waals surface area contributed by atoms with Gasteiger partial charge in [0.1, 0.15) is 5.82 Å². The Morgan fingerprint density at radius 1 is 1.16 bits per heavy atom. The van der Waals surface area contributed by atoms with Crippen LogP contribution in [0.1, 0.15) is 51.3 Å². The average molecular weight is 347 g/mol. The minimum atomic E-state index is -0.569. The molecule has 1 aromatic rings. The molecule has 1 saturated heterocycles. The van der Waals surface area contributed by atoms with Crippen LogP contribution in [0.3, 0.4) is 0 Å². The average Bonchev–Trinajstić information content (AvgIpc) is 2.65. The van der Waals surface area contributed by atoms with Crippen LogP contribution in [0.5, 0.6) is 0 Å². The summed E-state index contributed by atoms with van der Waals surface area (Å²) >= 11 is 0. The third kappa shape index (κ3) is 4.31. The van der Waals surface area contributed by atoms with E-state index < -0.39 is 18.3 Å². The molecule has 0 atom stereocenters. The van der Waals surface area contributed by atoms with Crippen molar-refractivity contribution >= 4 is 19.1 Å². The number of aryl methyl sites for hydroxylation is 2. The van der Waals surface area contributed by atoms with Gasteiger partial charge in [0.15, 0.2) is 0 Å². The fourth-order valence-electron chi connectivity index (χ4n) is 2.76. The van der Waals surface area contributed by atoms with Gasteiger partial charge < -0.3 is 14.6 Å². The number of halogens is 1. The summed E-state index contributed by atoms with van der Waals surface area (Å²) in [6.07, 6.45) is 1.93. The molecule has 2 rings (SSSR count). The molecule has 25 heavy (non-hydrogen) atoms. The van der Waals surface area contributed by atoms with Crippen molar-refractivity contribution in [3.8, 4) is 0 Å². The van der Waals surface area contributed by atoms with Gasteiger partial charge in [-0.05, 0) is 75.8 Å². The molecule has 1 heterocycles. The maximum atomic E-state index is 13.6. The summed E-state index contributed by atoms with van der Waals surface area (Å²) in [5.74, 6) is -0.388. The fraction of sp³-hybridized carbons (Fsp3) is 0.526. The lowest BCUT2D eigenvalue weighted by Crippen LogP contribution is -2.41. The Kier molecular flexibility index (Phi) is 5.45. The van der Waals surface area contributed by atoms with Gasteiger partial charge in [0.2, 0.25) is 5.91 Å². The molecule has 6 heteroatoms. The summed E-state index contributed by atoms with van der Waals surface area (Å²) in [7, 11) is -0.569. The molecule has 1 fully saturated rings. The normalized spacial score (nSPS) is 19.2. The number of benzene rings is 1. The van der Waals surface area contributed by atoms with Gasteiger partial charge in [-0.1, -0.05) is 6.08 Å². The molecule has 1 N–H and O–H groups in total. The first-order valence-electron chi connectivity index (χ1n) is 8.50. The molecule has 1 amide bonds. The molecule has 1 aromatic carbocycles. The standard InChI is InChI=1S/C19H27BFNO3/c1-12-8-16(21)9-13(2)17(12)10-15(11-22-14(3)23)20-24-18(4,5)19(6,7)25-20/h8-10H,11H2,1-7H3,(H,22,23). The Labute approximate surface area is 149 Å². The van der Waals surface area contributed by atoms with E-state index in [2.05, 4.69) is 5.32 Å². The number of rotatable bonds is 4. The predicted octanol–water partition coefficient (Wildman–Crippen LogP) is 3.59. The van der Waals surface area contributed by atoms with Crippen LogP contribution in [0.2, 0.25) is 0 Å². The highest BCUT2D eigenvalue weighted by atomic mass is 19.1. The maximum Gasteiger partial charge on any atom is 0.492 e. The zero-order valence-electron chi connectivity index (χ0n) is 16.1. The van der Waals surface area contributed by atoms with Crippen LogP contribution in [-0.2, 0) is 14.1 Å². The molecule has 0 radical (unpaired) electrons. The molecule has 0 aliphatic carbocycles. The minimum Gasteiger partial charge on any atom is -0.400 e. The molecule has 0 saturated carbocycles. The van der Waals surface area contributed by atoms with Crippen LogP contribution >= 0.6 is 0 Å². The Hall–Kier alpha value is -1.66. The van der Waals surface area contributed by atoms with Gasteiger partial charge in [0, 0.05) is 13.5 Å². The zero-order valence-corrected chi connectivity index (χ0v) is 16.1. The number of nitrogens with one attached hydrogen (secondary N) is 1. The van der Waals surface area contributed by atoms with Crippen LogP contribution in [0.15, 0.2) is 17.6 Å². The largest absolute Gasteiger partial charge is 0.492 e. The van der Waals surface area contributed by atoms with Crippen LogP contribution in [0, 0.1) is 19.7 Å². The SMILES string of the molecule is CC(=O)NCC(=Cc1c(C)cc(F)cc1C)B1OC(C)(C)C(C)(C)O1. The fourth-order valence-corrected chi connectivity index (χ4v) is 2.76. The van der Waals surface area contributed by atoms with Crippen molar-refractivity contribution in [2.75, 3.05) is 6.54 Å². The molecular weight excluding hydrogens is 320 g/mol. The lowest BCUT2D eigenvalue weighted by atomic mass is 9.76. The van der Waals surface area contributed by atoms with Gasteiger partial charge in [-0.2, -0.15) is 0 Å². The van der Waals surface area contributed by atoms with Gasteiger partial charge in [-0.25, -0.2) is 4.39 Å². The van der Waals surface area contributed by atoms with Crippen molar-refractivity contribution in [3.05, 3.63) is 40.1 Å². The zero-order chi connectivity index (χ0) is 19.0. The van der Waals surface area contributed by atoms with Gasteiger partial charge in [0.25, 0.3) is 0 Å². The number of hydrogen-bond donors (Lipinski definition) is 1. The molecule has 0 spiro atoms. The lowest BCUT2D eigenvalue weighted by molar-refractivity contribution is -0.118. The lowest BCUT2D eigenvalue weighted by Gasteiger charge is -2.32. The van der Waals surface area contributed by atoms with E-state index in [0.717, 1.165) is 22.2 Å².